The van der Waals surface area contributed by atoms with Gasteiger partial charge in [0.25, 0.3) is 5.69 Å². The minimum absolute atomic E-state index is 0.224. The van der Waals surface area contributed by atoms with Gasteiger partial charge in [-0.15, -0.1) is 0 Å². The second-order valence-corrected chi connectivity index (χ2v) is 3.34. The maximum absolute atomic E-state index is 10.7. The number of nitrogens with zero attached hydrogens (tertiary/aromatic N) is 3. The fourth-order valence-electron chi connectivity index (χ4n) is 1.18. The van der Waals surface area contributed by atoms with Gasteiger partial charge < -0.3 is 0 Å². The molecular formula is C8H7N3O6. The van der Waals surface area contributed by atoms with E-state index in [2.05, 4.69) is 0 Å². The van der Waals surface area contributed by atoms with E-state index in [0.29, 0.717) is 0 Å². The second-order valence-electron chi connectivity index (χ2n) is 3.34. The van der Waals surface area contributed by atoms with Gasteiger partial charge in [-0.05, 0) is 12.1 Å². The summed E-state index contributed by atoms with van der Waals surface area (Å²) >= 11 is 0. The van der Waals surface area contributed by atoms with Crippen LogP contribution in [0.3, 0.4) is 0 Å². The molecule has 0 aliphatic carbocycles. The molecule has 0 aromatic heterocycles. The molecule has 0 saturated heterocycles. The number of non-ortho nitro benzene ring substituents is 1. The summed E-state index contributed by atoms with van der Waals surface area (Å²) in [6, 6.07) is 3.98. The minimum Gasteiger partial charge on any atom is -0.258 e. The molecule has 0 aliphatic heterocycles. The number of nitro groups is 3. The van der Waals surface area contributed by atoms with Crippen molar-refractivity contribution in [1.29, 1.82) is 0 Å². The molecule has 0 saturated carbocycles. The highest BCUT2D eigenvalue weighted by Gasteiger charge is 2.52. The zero-order chi connectivity index (χ0) is 13.2. The van der Waals surface area contributed by atoms with Crippen LogP contribution in [0.4, 0.5) is 5.69 Å². The molecule has 0 fully saturated rings. The predicted octanol–water partition coefficient (Wildman–Crippen LogP) is 1.32. The minimum atomic E-state index is -2.50. The van der Waals surface area contributed by atoms with Crippen LogP contribution in [0.25, 0.3) is 0 Å². The molecule has 1 aromatic carbocycles. The molecule has 0 heterocycles. The van der Waals surface area contributed by atoms with E-state index in [4.69, 9.17) is 0 Å². The zero-order valence-corrected chi connectivity index (χ0v) is 8.60. The van der Waals surface area contributed by atoms with Crippen LogP contribution in [0.2, 0.25) is 0 Å². The Labute approximate surface area is 94.1 Å². The highest BCUT2D eigenvalue weighted by Crippen LogP contribution is 2.26. The smallest absolute Gasteiger partial charge is 0.258 e. The van der Waals surface area contributed by atoms with Crippen molar-refractivity contribution < 1.29 is 14.8 Å². The summed E-state index contributed by atoms with van der Waals surface area (Å²) in [7, 11) is 0. The third-order valence-corrected chi connectivity index (χ3v) is 2.34. The van der Waals surface area contributed by atoms with Crippen molar-refractivity contribution in [3.63, 3.8) is 0 Å². The number of rotatable bonds is 4. The largest absolute Gasteiger partial charge is 0.481 e. The molecule has 9 nitrogen and oxygen atoms in total. The SMILES string of the molecule is CC(c1ccc([N+](=O)[O-])cc1)([N+](=O)[O-])[N+](=O)[O-]. The summed E-state index contributed by atoms with van der Waals surface area (Å²) in [4.78, 5) is 29.0. The van der Waals surface area contributed by atoms with Gasteiger partial charge in [0, 0.05) is 12.1 Å². The van der Waals surface area contributed by atoms with Crippen molar-refractivity contribution in [1.82, 2.24) is 0 Å². The van der Waals surface area contributed by atoms with Gasteiger partial charge in [-0.3, -0.25) is 30.3 Å². The third kappa shape index (κ3) is 2.02. The summed E-state index contributed by atoms with van der Waals surface area (Å²) < 4.78 is 0. The molecule has 0 spiro atoms. The molecule has 0 radical (unpaired) electrons. The van der Waals surface area contributed by atoms with Gasteiger partial charge in [0.05, 0.1) is 11.8 Å². The van der Waals surface area contributed by atoms with Gasteiger partial charge in [-0.2, -0.15) is 0 Å². The Kier molecular flexibility index (Phi) is 3.03. The first-order chi connectivity index (χ1) is 7.80. The molecule has 0 unspecified atom stereocenters. The molecule has 0 atom stereocenters. The van der Waals surface area contributed by atoms with E-state index < -0.39 is 20.4 Å². The van der Waals surface area contributed by atoms with Gasteiger partial charge in [-0.1, -0.05) is 0 Å². The van der Waals surface area contributed by atoms with Crippen molar-refractivity contribution in [3.8, 4) is 0 Å². The van der Waals surface area contributed by atoms with Crippen LogP contribution in [0.1, 0.15) is 12.5 Å². The summed E-state index contributed by atoms with van der Waals surface area (Å²) in [5.41, 5.74) is -3.02. The van der Waals surface area contributed by atoms with Crippen LogP contribution < -0.4 is 0 Å². The van der Waals surface area contributed by atoms with Gasteiger partial charge in [0.15, 0.2) is 0 Å². The Morgan fingerprint density at radius 2 is 1.35 bits per heavy atom. The highest BCUT2D eigenvalue weighted by atomic mass is 16.7. The van der Waals surface area contributed by atoms with E-state index in [0.717, 1.165) is 31.2 Å². The summed E-state index contributed by atoms with van der Waals surface area (Å²) in [5, 5.41) is 31.8. The quantitative estimate of drug-likeness (QED) is 0.443. The zero-order valence-electron chi connectivity index (χ0n) is 8.60. The molecule has 0 N–H and O–H groups in total. The molecule has 0 bridgehead atoms. The summed E-state index contributed by atoms with van der Waals surface area (Å²) in [6.45, 7) is 0.828. The normalized spacial score (nSPS) is 10.9. The van der Waals surface area contributed by atoms with Crippen LogP contribution in [-0.4, -0.2) is 14.8 Å². The van der Waals surface area contributed by atoms with Crippen molar-refractivity contribution in [2.75, 3.05) is 0 Å². The Hall–Kier alpha value is -2.58. The standard InChI is InChI=1S/C8H7N3O6/c1-8(10(14)15,11(16)17)6-2-4-7(5-3-6)9(12)13/h2-5H,1H3. The molecular weight excluding hydrogens is 234 g/mol. The summed E-state index contributed by atoms with van der Waals surface area (Å²) in [5.74, 6) is 0. The lowest BCUT2D eigenvalue weighted by atomic mass is 10.0. The van der Waals surface area contributed by atoms with E-state index in [1.807, 2.05) is 0 Å². The average molecular weight is 241 g/mol. The lowest BCUT2D eigenvalue weighted by Gasteiger charge is -2.11. The van der Waals surface area contributed by atoms with Crippen molar-refractivity contribution in [2.45, 2.75) is 12.6 Å². The maximum atomic E-state index is 10.7. The van der Waals surface area contributed by atoms with Crippen molar-refractivity contribution in [3.05, 3.63) is 60.2 Å². The van der Waals surface area contributed by atoms with E-state index in [1.54, 1.807) is 0 Å². The number of hydrogen-bond donors (Lipinski definition) is 0. The van der Waals surface area contributed by atoms with Crippen LogP contribution in [-0.2, 0) is 5.66 Å². The highest BCUT2D eigenvalue weighted by molar-refractivity contribution is 5.34. The number of benzene rings is 1. The first kappa shape index (κ1) is 12.5. The van der Waals surface area contributed by atoms with Crippen molar-refractivity contribution >= 4 is 5.69 Å². The molecule has 1 aromatic rings. The first-order valence-corrected chi connectivity index (χ1v) is 4.34. The molecule has 90 valence electrons. The Morgan fingerprint density at radius 1 is 0.941 bits per heavy atom. The van der Waals surface area contributed by atoms with E-state index in [9.17, 15) is 30.3 Å². The number of hydrogen-bond acceptors (Lipinski definition) is 6. The average Bonchev–Trinajstić information content (AvgIpc) is 2.27. The Bertz CT molecular complexity index is 469. The lowest BCUT2D eigenvalue weighted by Crippen LogP contribution is -2.40. The van der Waals surface area contributed by atoms with E-state index >= 15 is 0 Å². The van der Waals surface area contributed by atoms with Gasteiger partial charge in [-0.25, -0.2) is 0 Å². The Balaban J connectivity index is 3.27. The van der Waals surface area contributed by atoms with E-state index in [1.165, 1.54) is 0 Å². The lowest BCUT2D eigenvalue weighted by molar-refractivity contribution is -0.805. The van der Waals surface area contributed by atoms with Gasteiger partial charge in [0.2, 0.25) is 0 Å². The topological polar surface area (TPSA) is 129 Å². The molecule has 0 aliphatic rings. The van der Waals surface area contributed by atoms with Crippen LogP contribution in [0.5, 0.6) is 0 Å². The maximum Gasteiger partial charge on any atom is 0.481 e. The first-order valence-electron chi connectivity index (χ1n) is 4.34. The van der Waals surface area contributed by atoms with Crippen molar-refractivity contribution in [2.24, 2.45) is 0 Å². The molecule has 1 rings (SSSR count). The fourth-order valence-corrected chi connectivity index (χ4v) is 1.18. The molecule has 0 amide bonds. The third-order valence-electron chi connectivity index (χ3n) is 2.34. The van der Waals surface area contributed by atoms with Gasteiger partial charge >= 0.3 is 5.66 Å². The van der Waals surface area contributed by atoms with Crippen LogP contribution in [0.15, 0.2) is 24.3 Å². The van der Waals surface area contributed by atoms with E-state index in [-0.39, 0.29) is 11.3 Å². The van der Waals surface area contributed by atoms with Gasteiger partial charge in [0.1, 0.15) is 15.4 Å². The van der Waals surface area contributed by atoms with Crippen LogP contribution in [0, 0.1) is 30.3 Å². The number of nitro benzene ring substituents is 1. The predicted molar refractivity (Wildman–Crippen MR) is 54.4 cm³/mol. The second kappa shape index (κ2) is 4.12. The van der Waals surface area contributed by atoms with Crippen LogP contribution >= 0.6 is 0 Å². The monoisotopic (exact) mass is 241 g/mol. The molecule has 17 heavy (non-hydrogen) atoms. The summed E-state index contributed by atoms with van der Waals surface area (Å²) in [6.07, 6.45) is 0. The fraction of sp³-hybridized carbons (Fsp3) is 0.250. The Morgan fingerprint density at radius 3 is 1.65 bits per heavy atom. The molecule has 9 heteroatoms.